The molecule has 1 aromatic carbocycles. The fraction of sp³-hybridized carbons (Fsp3) is 0.353. The smallest absolute Gasteiger partial charge is 0.242 e. The summed E-state index contributed by atoms with van der Waals surface area (Å²) in [5, 5.41) is 4.85. The lowest BCUT2D eigenvalue weighted by Gasteiger charge is -2.17. The molecule has 1 aromatic heterocycles. The van der Waals surface area contributed by atoms with Crippen LogP contribution >= 0.6 is 11.3 Å². The largest absolute Gasteiger partial charge is 0.349 e. The van der Waals surface area contributed by atoms with E-state index in [1.807, 2.05) is 24.4 Å². The highest BCUT2D eigenvalue weighted by atomic mass is 32.2. The Hall–Kier alpha value is -1.77. The molecule has 2 aromatic rings. The molecule has 0 fully saturated rings. The van der Waals surface area contributed by atoms with E-state index in [9.17, 15) is 17.6 Å². The van der Waals surface area contributed by atoms with Crippen LogP contribution in [0.2, 0.25) is 0 Å². The van der Waals surface area contributed by atoms with E-state index in [0.717, 1.165) is 17.0 Å². The Morgan fingerprint density at radius 2 is 1.96 bits per heavy atom. The fourth-order valence-electron chi connectivity index (χ4n) is 2.29. The maximum absolute atomic E-state index is 12.9. The van der Waals surface area contributed by atoms with Crippen LogP contribution in [0.15, 0.2) is 46.7 Å². The van der Waals surface area contributed by atoms with Gasteiger partial charge in [0, 0.05) is 24.9 Å². The van der Waals surface area contributed by atoms with E-state index in [1.54, 1.807) is 11.3 Å². The van der Waals surface area contributed by atoms with Gasteiger partial charge < -0.3 is 5.32 Å². The zero-order valence-corrected chi connectivity index (χ0v) is 15.7. The van der Waals surface area contributed by atoms with E-state index in [2.05, 4.69) is 5.32 Å². The summed E-state index contributed by atoms with van der Waals surface area (Å²) >= 11 is 1.57. The molecule has 1 atom stereocenters. The van der Waals surface area contributed by atoms with Crippen molar-refractivity contribution in [2.75, 3.05) is 13.6 Å². The predicted octanol–water partition coefficient (Wildman–Crippen LogP) is 3.17. The van der Waals surface area contributed by atoms with Crippen molar-refractivity contribution in [2.24, 2.45) is 0 Å². The number of rotatable bonds is 8. The monoisotopic (exact) mass is 384 g/mol. The summed E-state index contributed by atoms with van der Waals surface area (Å²) in [6.07, 6.45) is 0.638. The SMILES string of the molecule is C[C@@H](NC(=O)CCCN(C)S(=O)(=O)c1ccc(F)cc1)c1cccs1. The average molecular weight is 384 g/mol. The van der Waals surface area contributed by atoms with Gasteiger partial charge in [0.15, 0.2) is 0 Å². The molecular formula is C17H21FN2O3S2. The van der Waals surface area contributed by atoms with Gasteiger partial charge in [-0.1, -0.05) is 6.07 Å². The number of nitrogens with zero attached hydrogens (tertiary/aromatic N) is 1. The molecule has 5 nitrogen and oxygen atoms in total. The van der Waals surface area contributed by atoms with Crippen molar-refractivity contribution in [3.8, 4) is 0 Å². The normalized spacial score (nSPS) is 13.0. The molecule has 0 saturated carbocycles. The molecule has 0 radical (unpaired) electrons. The minimum absolute atomic E-state index is 0.0344. The number of amides is 1. The first kappa shape index (κ1) is 19.6. The Morgan fingerprint density at radius 1 is 1.28 bits per heavy atom. The number of hydrogen-bond acceptors (Lipinski definition) is 4. The minimum Gasteiger partial charge on any atom is -0.349 e. The van der Waals surface area contributed by atoms with Crippen molar-refractivity contribution in [1.29, 1.82) is 0 Å². The van der Waals surface area contributed by atoms with Gasteiger partial charge >= 0.3 is 0 Å². The molecule has 0 spiro atoms. The first-order valence-electron chi connectivity index (χ1n) is 7.85. The van der Waals surface area contributed by atoms with Crippen LogP contribution in [0.3, 0.4) is 0 Å². The average Bonchev–Trinajstić information content (AvgIpc) is 3.09. The van der Waals surface area contributed by atoms with Gasteiger partial charge in [-0.15, -0.1) is 11.3 Å². The summed E-state index contributed by atoms with van der Waals surface area (Å²) < 4.78 is 38.8. The lowest BCUT2D eigenvalue weighted by Crippen LogP contribution is -2.30. The number of carbonyl (C=O) groups is 1. The van der Waals surface area contributed by atoms with Gasteiger partial charge in [0.2, 0.25) is 15.9 Å². The Bertz CT molecular complexity index is 790. The Balaban J connectivity index is 1.82. The topological polar surface area (TPSA) is 66.5 Å². The molecule has 1 heterocycles. The Kier molecular flexibility index (Phi) is 6.69. The summed E-state index contributed by atoms with van der Waals surface area (Å²) in [4.78, 5) is 13.1. The van der Waals surface area contributed by atoms with Crippen LogP contribution in [-0.4, -0.2) is 32.2 Å². The number of nitrogens with one attached hydrogen (secondary N) is 1. The molecule has 1 amide bonds. The Labute approximate surface area is 151 Å². The molecule has 0 aliphatic carbocycles. The lowest BCUT2D eigenvalue weighted by molar-refractivity contribution is -0.121. The van der Waals surface area contributed by atoms with Crippen LogP contribution in [0.25, 0.3) is 0 Å². The van der Waals surface area contributed by atoms with Gasteiger partial charge in [-0.25, -0.2) is 17.1 Å². The summed E-state index contributed by atoms with van der Waals surface area (Å²) in [5.74, 6) is -0.605. The highest BCUT2D eigenvalue weighted by molar-refractivity contribution is 7.89. The fourth-order valence-corrected chi connectivity index (χ4v) is 4.24. The molecule has 0 aliphatic rings. The number of benzene rings is 1. The molecule has 2 rings (SSSR count). The summed E-state index contributed by atoms with van der Waals surface area (Å²) in [5.41, 5.74) is 0. The first-order chi connectivity index (χ1) is 11.8. The lowest BCUT2D eigenvalue weighted by atomic mass is 10.2. The maximum atomic E-state index is 12.9. The number of sulfonamides is 1. The van der Waals surface area contributed by atoms with Crippen LogP contribution in [0.1, 0.15) is 30.7 Å². The highest BCUT2D eigenvalue weighted by Crippen LogP contribution is 2.18. The van der Waals surface area contributed by atoms with Crippen LogP contribution in [0.4, 0.5) is 4.39 Å². The molecule has 136 valence electrons. The van der Waals surface area contributed by atoms with Crippen molar-refractivity contribution >= 4 is 27.3 Å². The predicted molar refractivity (Wildman–Crippen MR) is 96.3 cm³/mol. The van der Waals surface area contributed by atoms with Gasteiger partial charge in [-0.3, -0.25) is 4.79 Å². The van der Waals surface area contributed by atoms with Crippen molar-refractivity contribution in [3.05, 3.63) is 52.5 Å². The summed E-state index contributed by atoms with van der Waals surface area (Å²) in [6, 6.07) is 8.51. The quantitative estimate of drug-likeness (QED) is 0.760. The minimum atomic E-state index is -3.68. The van der Waals surface area contributed by atoms with E-state index >= 15 is 0 Å². The van der Waals surface area contributed by atoms with Crippen molar-refractivity contribution in [3.63, 3.8) is 0 Å². The molecule has 0 aliphatic heterocycles. The number of carbonyl (C=O) groups excluding carboxylic acids is 1. The van der Waals surface area contributed by atoms with Crippen LogP contribution in [0, 0.1) is 5.82 Å². The zero-order chi connectivity index (χ0) is 18.4. The van der Waals surface area contributed by atoms with Crippen LogP contribution < -0.4 is 5.32 Å². The third-order valence-corrected chi connectivity index (χ3v) is 6.67. The third-order valence-electron chi connectivity index (χ3n) is 3.75. The van der Waals surface area contributed by atoms with Crippen molar-refractivity contribution in [1.82, 2.24) is 9.62 Å². The van der Waals surface area contributed by atoms with E-state index in [-0.39, 0.29) is 29.8 Å². The van der Waals surface area contributed by atoms with Gasteiger partial charge in [0.05, 0.1) is 10.9 Å². The van der Waals surface area contributed by atoms with Crippen molar-refractivity contribution in [2.45, 2.75) is 30.7 Å². The molecular weight excluding hydrogens is 363 g/mol. The van der Waals surface area contributed by atoms with E-state index in [4.69, 9.17) is 0 Å². The van der Waals surface area contributed by atoms with Crippen LogP contribution in [0.5, 0.6) is 0 Å². The maximum Gasteiger partial charge on any atom is 0.242 e. The molecule has 25 heavy (non-hydrogen) atoms. The van der Waals surface area contributed by atoms with Crippen molar-refractivity contribution < 1.29 is 17.6 Å². The standard InChI is InChI=1S/C17H21FN2O3S2/c1-13(16-5-4-12-24-16)19-17(21)6-3-11-20(2)25(22,23)15-9-7-14(18)8-10-15/h4-5,7-10,12-13H,3,6,11H2,1-2H3,(H,19,21)/t13-/m1/s1. The van der Waals surface area contributed by atoms with Crippen LogP contribution in [-0.2, 0) is 14.8 Å². The number of thiophene rings is 1. The first-order valence-corrected chi connectivity index (χ1v) is 10.2. The zero-order valence-electron chi connectivity index (χ0n) is 14.1. The molecule has 0 unspecified atom stereocenters. The molecule has 0 bridgehead atoms. The Morgan fingerprint density at radius 3 is 2.56 bits per heavy atom. The molecule has 8 heteroatoms. The van der Waals surface area contributed by atoms with Gasteiger partial charge in [0.1, 0.15) is 5.82 Å². The van der Waals surface area contributed by atoms with Gasteiger partial charge in [0.25, 0.3) is 0 Å². The highest BCUT2D eigenvalue weighted by Gasteiger charge is 2.20. The molecule has 1 N–H and O–H groups in total. The summed E-state index contributed by atoms with van der Waals surface area (Å²) in [6.45, 7) is 2.12. The summed E-state index contributed by atoms with van der Waals surface area (Å²) in [7, 11) is -2.23. The number of hydrogen-bond donors (Lipinski definition) is 1. The number of halogens is 1. The second-order valence-corrected chi connectivity index (χ2v) is 8.71. The second-order valence-electron chi connectivity index (χ2n) is 5.69. The third kappa shape index (κ3) is 5.35. The van der Waals surface area contributed by atoms with Gasteiger partial charge in [-0.2, -0.15) is 0 Å². The van der Waals surface area contributed by atoms with Gasteiger partial charge in [-0.05, 0) is 49.1 Å². The molecule has 0 saturated heterocycles. The van der Waals surface area contributed by atoms with E-state index < -0.39 is 15.8 Å². The van der Waals surface area contributed by atoms with E-state index in [1.165, 1.54) is 23.5 Å². The second kappa shape index (κ2) is 8.55. The van der Waals surface area contributed by atoms with E-state index in [0.29, 0.717) is 6.42 Å².